The SMILES string of the molecule is OCCNc1ncc(-c2cc(NCCc3ccnc4c3OCCO4)ncn2)cn1. The summed E-state index contributed by atoms with van der Waals surface area (Å²) < 4.78 is 11.2. The van der Waals surface area contributed by atoms with Gasteiger partial charge in [0.25, 0.3) is 5.88 Å². The summed E-state index contributed by atoms with van der Waals surface area (Å²) in [5.74, 6) is 2.44. The van der Waals surface area contributed by atoms with E-state index in [1.807, 2.05) is 12.1 Å². The van der Waals surface area contributed by atoms with Crippen molar-refractivity contribution in [2.75, 3.05) is 43.5 Å². The molecule has 0 amide bonds. The van der Waals surface area contributed by atoms with E-state index in [1.165, 1.54) is 6.33 Å². The van der Waals surface area contributed by atoms with Crippen molar-refractivity contribution in [1.82, 2.24) is 24.9 Å². The average Bonchev–Trinajstić information content (AvgIpc) is 2.78. The van der Waals surface area contributed by atoms with Crippen molar-refractivity contribution in [2.45, 2.75) is 6.42 Å². The molecular formula is C19H21N7O3. The molecule has 0 fully saturated rings. The number of pyridine rings is 1. The largest absolute Gasteiger partial charge is 0.484 e. The van der Waals surface area contributed by atoms with Gasteiger partial charge in [-0.3, -0.25) is 0 Å². The molecule has 3 aromatic heterocycles. The van der Waals surface area contributed by atoms with Gasteiger partial charge in [-0.15, -0.1) is 0 Å². The predicted molar refractivity (Wildman–Crippen MR) is 106 cm³/mol. The molecule has 29 heavy (non-hydrogen) atoms. The molecule has 10 heteroatoms. The number of fused-ring (bicyclic) bond motifs is 1. The third kappa shape index (κ3) is 4.66. The maximum Gasteiger partial charge on any atom is 0.257 e. The highest BCUT2D eigenvalue weighted by atomic mass is 16.6. The monoisotopic (exact) mass is 395 g/mol. The lowest BCUT2D eigenvalue weighted by atomic mass is 10.1. The van der Waals surface area contributed by atoms with Crippen LogP contribution in [0.25, 0.3) is 11.3 Å². The molecule has 0 saturated carbocycles. The van der Waals surface area contributed by atoms with Gasteiger partial charge in [-0.25, -0.2) is 24.9 Å². The third-order valence-electron chi connectivity index (χ3n) is 4.23. The molecule has 0 saturated heterocycles. The lowest BCUT2D eigenvalue weighted by molar-refractivity contribution is 0.163. The number of aliphatic hydroxyl groups excluding tert-OH is 1. The van der Waals surface area contributed by atoms with Crippen LogP contribution >= 0.6 is 0 Å². The number of nitrogens with zero attached hydrogens (tertiary/aromatic N) is 5. The standard InChI is InChI=1S/C19H21N7O3/c27-6-5-22-19-23-10-14(11-24-19)15-9-16(26-12-25-15)20-3-1-13-2-4-21-18-17(13)28-7-8-29-18/h2,4,9-12,27H,1,3,5-8H2,(H,20,25,26)(H,22,23,24). The van der Waals surface area contributed by atoms with Crippen molar-refractivity contribution in [3.05, 3.63) is 42.6 Å². The first-order chi connectivity index (χ1) is 14.3. The fourth-order valence-corrected chi connectivity index (χ4v) is 2.86. The van der Waals surface area contributed by atoms with Crippen molar-refractivity contribution in [3.63, 3.8) is 0 Å². The first kappa shape index (κ1) is 18.8. The summed E-state index contributed by atoms with van der Waals surface area (Å²) in [4.78, 5) is 21.2. The molecule has 0 unspecified atom stereocenters. The molecule has 0 aliphatic carbocycles. The number of hydrogen-bond donors (Lipinski definition) is 3. The van der Waals surface area contributed by atoms with E-state index in [9.17, 15) is 0 Å². The van der Waals surface area contributed by atoms with Crippen LogP contribution in [0.3, 0.4) is 0 Å². The van der Waals surface area contributed by atoms with E-state index in [-0.39, 0.29) is 6.61 Å². The first-order valence-corrected chi connectivity index (χ1v) is 9.30. The zero-order valence-electron chi connectivity index (χ0n) is 15.7. The van der Waals surface area contributed by atoms with Crippen molar-refractivity contribution >= 4 is 11.8 Å². The Morgan fingerprint density at radius 1 is 0.966 bits per heavy atom. The lowest BCUT2D eigenvalue weighted by Crippen LogP contribution is -2.18. The van der Waals surface area contributed by atoms with Crippen LogP contribution in [0.5, 0.6) is 11.6 Å². The van der Waals surface area contributed by atoms with Gasteiger partial charge in [-0.2, -0.15) is 0 Å². The second-order valence-electron chi connectivity index (χ2n) is 6.21. The Morgan fingerprint density at radius 2 is 1.83 bits per heavy atom. The summed E-state index contributed by atoms with van der Waals surface area (Å²) in [6.07, 6.45) is 7.33. The molecule has 150 valence electrons. The highest BCUT2D eigenvalue weighted by molar-refractivity contribution is 5.60. The van der Waals surface area contributed by atoms with Crippen molar-refractivity contribution in [2.24, 2.45) is 0 Å². The van der Waals surface area contributed by atoms with Crippen LogP contribution < -0.4 is 20.1 Å². The highest BCUT2D eigenvalue weighted by Crippen LogP contribution is 2.31. The number of aliphatic hydroxyl groups is 1. The average molecular weight is 395 g/mol. The number of ether oxygens (including phenoxy) is 2. The zero-order valence-corrected chi connectivity index (χ0v) is 15.7. The molecular weight excluding hydrogens is 374 g/mol. The Hall–Kier alpha value is -3.53. The molecule has 0 spiro atoms. The molecule has 0 atom stereocenters. The van der Waals surface area contributed by atoms with Gasteiger partial charge in [-0.05, 0) is 12.5 Å². The van der Waals surface area contributed by atoms with Gasteiger partial charge in [0.2, 0.25) is 5.95 Å². The minimum Gasteiger partial charge on any atom is -0.484 e. The molecule has 3 N–H and O–H groups in total. The van der Waals surface area contributed by atoms with E-state index >= 15 is 0 Å². The minimum atomic E-state index is 0.0213. The number of anilines is 2. The second-order valence-corrected chi connectivity index (χ2v) is 6.21. The molecule has 0 bridgehead atoms. The Labute approximate surface area is 167 Å². The summed E-state index contributed by atoms with van der Waals surface area (Å²) in [5, 5.41) is 15.0. The van der Waals surface area contributed by atoms with Gasteiger partial charge in [0.15, 0.2) is 5.75 Å². The lowest BCUT2D eigenvalue weighted by Gasteiger charge is -2.19. The summed E-state index contributed by atoms with van der Waals surface area (Å²) in [6, 6.07) is 3.78. The first-order valence-electron chi connectivity index (χ1n) is 9.30. The maximum atomic E-state index is 8.83. The number of aromatic nitrogens is 5. The predicted octanol–water partition coefficient (Wildman–Crippen LogP) is 1.16. The summed E-state index contributed by atoms with van der Waals surface area (Å²) in [7, 11) is 0. The van der Waals surface area contributed by atoms with E-state index in [1.54, 1.807) is 18.6 Å². The highest BCUT2D eigenvalue weighted by Gasteiger charge is 2.16. The maximum absolute atomic E-state index is 8.83. The van der Waals surface area contributed by atoms with E-state index in [0.717, 1.165) is 23.3 Å². The zero-order chi connectivity index (χ0) is 19.9. The fourth-order valence-electron chi connectivity index (χ4n) is 2.86. The van der Waals surface area contributed by atoms with Gasteiger partial charge in [0.1, 0.15) is 25.4 Å². The van der Waals surface area contributed by atoms with Crippen LogP contribution in [-0.4, -0.2) is 62.9 Å². The smallest absolute Gasteiger partial charge is 0.257 e. The van der Waals surface area contributed by atoms with Gasteiger partial charge in [0, 0.05) is 48.9 Å². The van der Waals surface area contributed by atoms with Crippen LogP contribution in [0.15, 0.2) is 37.1 Å². The number of rotatable bonds is 8. The molecule has 4 rings (SSSR count). The quantitative estimate of drug-likeness (QED) is 0.511. The van der Waals surface area contributed by atoms with E-state index in [2.05, 4.69) is 35.6 Å². The molecule has 1 aliphatic rings. The van der Waals surface area contributed by atoms with Crippen molar-refractivity contribution in [3.8, 4) is 22.9 Å². The van der Waals surface area contributed by atoms with Crippen LogP contribution in [0.4, 0.5) is 11.8 Å². The summed E-state index contributed by atoms with van der Waals surface area (Å²) in [5.41, 5.74) is 2.53. The topological polar surface area (TPSA) is 127 Å². The number of hydrogen-bond acceptors (Lipinski definition) is 10. The molecule has 10 nitrogen and oxygen atoms in total. The molecule has 1 aliphatic heterocycles. The molecule has 4 heterocycles. The van der Waals surface area contributed by atoms with Crippen LogP contribution in [-0.2, 0) is 6.42 Å². The molecule has 0 aromatic carbocycles. The van der Waals surface area contributed by atoms with E-state index in [0.29, 0.717) is 49.6 Å². The van der Waals surface area contributed by atoms with E-state index < -0.39 is 0 Å². The van der Waals surface area contributed by atoms with Crippen molar-refractivity contribution in [1.29, 1.82) is 0 Å². The Balaban J connectivity index is 1.38. The fraction of sp³-hybridized carbons (Fsp3) is 0.316. The Kier molecular flexibility index (Phi) is 5.91. The Morgan fingerprint density at radius 3 is 2.69 bits per heavy atom. The van der Waals surface area contributed by atoms with Crippen LogP contribution in [0.1, 0.15) is 5.56 Å². The third-order valence-corrected chi connectivity index (χ3v) is 4.23. The van der Waals surface area contributed by atoms with Crippen LogP contribution in [0.2, 0.25) is 0 Å². The summed E-state index contributed by atoms with van der Waals surface area (Å²) in [6.45, 7) is 2.14. The molecule has 3 aromatic rings. The van der Waals surface area contributed by atoms with Gasteiger partial charge >= 0.3 is 0 Å². The van der Waals surface area contributed by atoms with Gasteiger partial charge < -0.3 is 25.2 Å². The second kappa shape index (κ2) is 9.11. The van der Waals surface area contributed by atoms with E-state index in [4.69, 9.17) is 14.6 Å². The Bertz CT molecular complexity index is 953. The summed E-state index contributed by atoms with van der Waals surface area (Å²) >= 11 is 0. The van der Waals surface area contributed by atoms with Crippen LogP contribution in [0, 0.1) is 0 Å². The normalized spacial score (nSPS) is 12.4. The van der Waals surface area contributed by atoms with Crippen molar-refractivity contribution < 1.29 is 14.6 Å². The minimum absolute atomic E-state index is 0.0213. The molecule has 0 radical (unpaired) electrons. The number of nitrogens with one attached hydrogen (secondary N) is 2. The van der Waals surface area contributed by atoms with Gasteiger partial charge in [0.05, 0.1) is 12.3 Å². The van der Waals surface area contributed by atoms with Gasteiger partial charge in [-0.1, -0.05) is 0 Å².